The first-order valence-corrected chi connectivity index (χ1v) is 8.37. The zero-order valence-corrected chi connectivity index (χ0v) is 15.0. The minimum atomic E-state index is -0.469. The second kappa shape index (κ2) is 5.96. The lowest BCUT2D eigenvalue weighted by molar-refractivity contribution is 0.0199. The van der Waals surface area contributed by atoms with E-state index < -0.39 is 5.60 Å². The molecule has 1 atom stereocenters. The number of hydrogen-bond acceptors (Lipinski definition) is 3. The highest BCUT2D eigenvalue weighted by Gasteiger charge is 2.29. The molecule has 0 spiro atoms. The molecule has 1 aliphatic heterocycles. The predicted octanol–water partition coefficient (Wildman–Crippen LogP) is 4.28. The van der Waals surface area contributed by atoms with Crippen LogP contribution < -0.4 is 0 Å². The Hall–Kier alpha value is -2.30. The summed E-state index contributed by atoms with van der Waals surface area (Å²) in [6.07, 6.45) is 4.55. The number of nitrogens with zero attached hydrogens (tertiary/aromatic N) is 2. The van der Waals surface area contributed by atoms with Crippen molar-refractivity contribution in [2.45, 2.75) is 52.7 Å². The normalized spacial score (nSPS) is 18.6. The van der Waals surface area contributed by atoms with Gasteiger partial charge in [0.15, 0.2) is 0 Å². The molecule has 0 radical (unpaired) electrons. The Morgan fingerprint density at radius 2 is 2.12 bits per heavy atom. The van der Waals surface area contributed by atoms with E-state index in [0.717, 1.165) is 17.3 Å². The predicted molar refractivity (Wildman–Crippen MR) is 95.8 cm³/mol. The zero-order chi connectivity index (χ0) is 17.5. The lowest BCUT2D eigenvalue weighted by atomic mass is 9.91. The highest BCUT2D eigenvalue weighted by molar-refractivity contribution is 5.85. The van der Waals surface area contributed by atoms with Gasteiger partial charge < -0.3 is 9.64 Å². The first kappa shape index (κ1) is 16.6. The van der Waals surface area contributed by atoms with Crippen molar-refractivity contribution < 1.29 is 9.53 Å². The number of carbonyl (C=O) groups is 1. The molecule has 1 aromatic heterocycles. The summed E-state index contributed by atoms with van der Waals surface area (Å²) in [4.78, 5) is 14.1. The third-order valence-electron chi connectivity index (χ3n) is 4.34. The SMILES string of the molecule is Cc1cc2cn[nH]c2cc1C1=CCN(C(=O)OC(C)(C)C)C(C)C1. The molecular weight excluding hydrogens is 302 g/mol. The average Bonchev–Trinajstić information content (AvgIpc) is 2.91. The van der Waals surface area contributed by atoms with Gasteiger partial charge >= 0.3 is 6.09 Å². The van der Waals surface area contributed by atoms with Gasteiger partial charge in [-0.1, -0.05) is 6.08 Å². The van der Waals surface area contributed by atoms with Gasteiger partial charge in [0, 0.05) is 18.0 Å². The third-order valence-corrected chi connectivity index (χ3v) is 4.34. The highest BCUT2D eigenvalue weighted by Crippen LogP contribution is 2.31. The second-order valence-corrected chi connectivity index (χ2v) is 7.54. The molecule has 2 heterocycles. The Bertz CT molecular complexity index is 799. The summed E-state index contributed by atoms with van der Waals surface area (Å²) in [7, 11) is 0. The van der Waals surface area contributed by atoms with Crippen LogP contribution in [0.5, 0.6) is 0 Å². The van der Waals surface area contributed by atoms with E-state index in [1.54, 1.807) is 4.90 Å². The van der Waals surface area contributed by atoms with E-state index >= 15 is 0 Å². The minimum Gasteiger partial charge on any atom is -0.444 e. The number of nitrogens with one attached hydrogen (secondary N) is 1. The fourth-order valence-corrected chi connectivity index (χ4v) is 3.15. The second-order valence-electron chi connectivity index (χ2n) is 7.54. The summed E-state index contributed by atoms with van der Waals surface area (Å²) < 4.78 is 5.50. The zero-order valence-electron chi connectivity index (χ0n) is 15.0. The number of hydrogen-bond donors (Lipinski definition) is 1. The van der Waals surface area contributed by atoms with Crippen LogP contribution in [0.25, 0.3) is 16.5 Å². The molecule has 1 aliphatic rings. The average molecular weight is 327 g/mol. The summed E-state index contributed by atoms with van der Waals surface area (Å²) in [5.41, 5.74) is 4.30. The molecule has 0 bridgehead atoms. The van der Waals surface area contributed by atoms with Gasteiger partial charge in [-0.3, -0.25) is 5.10 Å². The van der Waals surface area contributed by atoms with Crippen molar-refractivity contribution in [1.29, 1.82) is 0 Å². The molecule has 1 amide bonds. The molecule has 3 rings (SSSR count). The first-order valence-electron chi connectivity index (χ1n) is 8.37. The molecule has 0 aliphatic carbocycles. The summed E-state index contributed by atoms with van der Waals surface area (Å²) in [6.45, 7) is 10.4. The number of amides is 1. The molecule has 0 saturated carbocycles. The fraction of sp³-hybridized carbons (Fsp3) is 0.474. The number of rotatable bonds is 1. The smallest absolute Gasteiger partial charge is 0.410 e. The molecule has 5 nitrogen and oxygen atoms in total. The van der Waals surface area contributed by atoms with E-state index in [0.29, 0.717) is 6.54 Å². The molecule has 0 fully saturated rings. The number of aromatic amines is 1. The van der Waals surface area contributed by atoms with Crippen molar-refractivity contribution >= 4 is 22.6 Å². The number of ether oxygens (including phenoxy) is 1. The van der Waals surface area contributed by atoms with Crippen molar-refractivity contribution in [3.8, 4) is 0 Å². The molecule has 1 aromatic carbocycles. The number of fused-ring (bicyclic) bond motifs is 1. The van der Waals surface area contributed by atoms with Crippen molar-refractivity contribution in [2.75, 3.05) is 6.54 Å². The number of aromatic nitrogens is 2. The van der Waals surface area contributed by atoms with Crippen LogP contribution in [0, 0.1) is 6.92 Å². The van der Waals surface area contributed by atoms with Crippen LogP contribution in [0.1, 0.15) is 45.2 Å². The molecule has 1 N–H and O–H groups in total. The van der Waals surface area contributed by atoms with E-state index in [9.17, 15) is 4.79 Å². The summed E-state index contributed by atoms with van der Waals surface area (Å²) in [6, 6.07) is 4.41. The maximum atomic E-state index is 12.3. The van der Waals surface area contributed by atoms with E-state index in [1.165, 1.54) is 16.7 Å². The molecule has 24 heavy (non-hydrogen) atoms. The van der Waals surface area contributed by atoms with Gasteiger partial charge in [0.1, 0.15) is 5.60 Å². The van der Waals surface area contributed by atoms with E-state index in [-0.39, 0.29) is 12.1 Å². The van der Waals surface area contributed by atoms with Gasteiger partial charge in [0.05, 0.1) is 11.7 Å². The van der Waals surface area contributed by atoms with Gasteiger partial charge in [-0.15, -0.1) is 0 Å². The van der Waals surface area contributed by atoms with E-state index in [4.69, 9.17) is 4.74 Å². The Morgan fingerprint density at radius 1 is 1.38 bits per heavy atom. The molecule has 2 aromatic rings. The number of carbonyl (C=O) groups excluding carboxylic acids is 1. The largest absolute Gasteiger partial charge is 0.444 e. The number of aryl methyl sites for hydroxylation is 1. The summed E-state index contributed by atoms with van der Waals surface area (Å²) in [5, 5.41) is 8.25. The van der Waals surface area contributed by atoms with Crippen molar-refractivity contribution in [3.63, 3.8) is 0 Å². The van der Waals surface area contributed by atoms with Crippen LogP contribution in [0.4, 0.5) is 4.79 Å². The van der Waals surface area contributed by atoms with Crippen LogP contribution in [0.2, 0.25) is 0 Å². The van der Waals surface area contributed by atoms with Crippen molar-refractivity contribution in [1.82, 2.24) is 15.1 Å². The summed E-state index contributed by atoms with van der Waals surface area (Å²) in [5.74, 6) is 0. The van der Waals surface area contributed by atoms with Gasteiger partial charge in [0.2, 0.25) is 0 Å². The van der Waals surface area contributed by atoms with Gasteiger partial charge in [-0.2, -0.15) is 5.10 Å². The lowest BCUT2D eigenvalue weighted by Gasteiger charge is -2.34. The van der Waals surface area contributed by atoms with Crippen molar-refractivity contribution in [2.24, 2.45) is 0 Å². The lowest BCUT2D eigenvalue weighted by Crippen LogP contribution is -2.44. The molecular formula is C19H25N3O2. The number of H-pyrrole nitrogens is 1. The van der Waals surface area contributed by atoms with Crippen LogP contribution in [0.3, 0.4) is 0 Å². The summed E-state index contributed by atoms with van der Waals surface area (Å²) >= 11 is 0. The molecule has 5 heteroatoms. The third kappa shape index (κ3) is 3.30. The Kier molecular flexibility index (Phi) is 4.11. The van der Waals surface area contributed by atoms with E-state index in [1.807, 2.05) is 27.0 Å². The Balaban J connectivity index is 1.83. The van der Waals surface area contributed by atoms with Crippen LogP contribution >= 0.6 is 0 Å². The van der Waals surface area contributed by atoms with Crippen LogP contribution in [0.15, 0.2) is 24.4 Å². The monoisotopic (exact) mass is 327 g/mol. The molecule has 128 valence electrons. The van der Waals surface area contributed by atoms with Gasteiger partial charge in [-0.05, 0) is 69.9 Å². The minimum absolute atomic E-state index is 0.108. The van der Waals surface area contributed by atoms with Crippen molar-refractivity contribution in [3.05, 3.63) is 35.5 Å². The molecule has 1 unspecified atom stereocenters. The first-order chi connectivity index (χ1) is 11.2. The van der Waals surface area contributed by atoms with Gasteiger partial charge in [-0.25, -0.2) is 4.79 Å². The Labute approximate surface area is 142 Å². The maximum absolute atomic E-state index is 12.3. The fourth-order valence-electron chi connectivity index (χ4n) is 3.15. The van der Waals surface area contributed by atoms with Gasteiger partial charge in [0.25, 0.3) is 0 Å². The number of benzene rings is 1. The maximum Gasteiger partial charge on any atom is 0.410 e. The van der Waals surface area contributed by atoms with Crippen LogP contribution in [-0.2, 0) is 4.74 Å². The topological polar surface area (TPSA) is 58.2 Å². The van der Waals surface area contributed by atoms with E-state index in [2.05, 4.69) is 42.3 Å². The standard InChI is InChI=1S/C19H25N3O2/c1-12-8-15-11-20-21-17(15)10-16(12)14-6-7-22(13(2)9-14)18(23)24-19(3,4)5/h6,8,10-11,13H,7,9H2,1-5H3,(H,20,21). The highest BCUT2D eigenvalue weighted by atomic mass is 16.6. The quantitative estimate of drug-likeness (QED) is 0.850. The Morgan fingerprint density at radius 3 is 2.79 bits per heavy atom. The molecule has 0 saturated heterocycles. The van der Waals surface area contributed by atoms with Crippen LogP contribution in [-0.4, -0.2) is 39.4 Å².